The van der Waals surface area contributed by atoms with Gasteiger partial charge in [-0.1, -0.05) is 12.2 Å². The summed E-state index contributed by atoms with van der Waals surface area (Å²) >= 11 is 0. The highest BCUT2D eigenvalue weighted by atomic mass is 14.8. The molecule has 1 aromatic rings. The second-order valence-electron chi connectivity index (χ2n) is 2.54. The molecule has 0 spiro atoms. The highest BCUT2D eigenvalue weighted by molar-refractivity contribution is 5.46. The standard InChI is InChI=1S/C9H13N3/c1-8-11-6-9(7-12-8)4-2-3-5-10/h2,4,6-7H,3,5,10H2,1H3. The summed E-state index contributed by atoms with van der Waals surface area (Å²) in [5.41, 5.74) is 6.36. The number of nitrogens with zero attached hydrogens (tertiary/aromatic N) is 2. The fourth-order valence-corrected chi connectivity index (χ4v) is 0.804. The lowest BCUT2D eigenvalue weighted by Gasteiger charge is -1.92. The minimum absolute atomic E-state index is 0.684. The number of nitrogens with two attached hydrogens (primary N) is 1. The van der Waals surface area contributed by atoms with E-state index in [1.807, 2.05) is 19.1 Å². The van der Waals surface area contributed by atoms with Gasteiger partial charge in [0.15, 0.2) is 0 Å². The van der Waals surface area contributed by atoms with Crippen LogP contribution in [0.2, 0.25) is 0 Å². The number of aryl methyl sites for hydroxylation is 1. The molecule has 1 aromatic heterocycles. The Bertz CT molecular complexity index is 251. The van der Waals surface area contributed by atoms with E-state index in [0.29, 0.717) is 6.54 Å². The molecule has 0 saturated carbocycles. The van der Waals surface area contributed by atoms with Crippen molar-refractivity contribution in [1.29, 1.82) is 0 Å². The topological polar surface area (TPSA) is 51.8 Å². The van der Waals surface area contributed by atoms with Crippen molar-refractivity contribution in [3.63, 3.8) is 0 Å². The fourth-order valence-electron chi connectivity index (χ4n) is 0.804. The SMILES string of the molecule is Cc1ncc(C=CCCN)cn1. The van der Waals surface area contributed by atoms with E-state index in [-0.39, 0.29) is 0 Å². The summed E-state index contributed by atoms with van der Waals surface area (Å²) in [6, 6.07) is 0. The average molecular weight is 163 g/mol. The Kier molecular flexibility index (Phi) is 3.41. The molecule has 64 valence electrons. The van der Waals surface area contributed by atoms with Crippen LogP contribution in [-0.2, 0) is 0 Å². The lowest BCUT2D eigenvalue weighted by molar-refractivity contribution is 1.01. The lowest BCUT2D eigenvalue weighted by Crippen LogP contribution is -1.95. The Morgan fingerprint density at radius 2 is 2.08 bits per heavy atom. The van der Waals surface area contributed by atoms with Gasteiger partial charge < -0.3 is 5.73 Å². The summed E-state index contributed by atoms with van der Waals surface area (Å²) in [6.45, 7) is 2.55. The van der Waals surface area contributed by atoms with Crippen LogP contribution in [0, 0.1) is 6.92 Å². The van der Waals surface area contributed by atoms with E-state index >= 15 is 0 Å². The molecule has 2 N–H and O–H groups in total. The summed E-state index contributed by atoms with van der Waals surface area (Å²) in [4.78, 5) is 8.13. The van der Waals surface area contributed by atoms with Gasteiger partial charge in [0.1, 0.15) is 5.82 Å². The first kappa shape index (κ1) is 8.87. The molecule has 3 nitrogen and oxygen atoms in total. The molecule has 0 aromatic carbocycles. The normalized spacial score (nSPS) is 10.8. The second kappa shape index (κ2) is 4.62. The predicted octanol–water partition coefficient (Wildman–Crippen LogP) is 1.15. The van der Waals surface area contributed by atoms with Crippen LogP contribution in [0.4, 0.5) is 0 Å². The van der Waals surface area contributed by atoms with E-state index < -0.39 is 0 Å². The molecule has 1 heterocycles. The number of rotatable bonds is 3. The second-order valence-corrected chi connectivity index (χ2v) is 2.54. The van der Waals surface area contributed by atoms with Crippen LogP contribution < -0.4 is 5.73 Å². The molecule has 0 aliphatic heterocycles. The van der Waals surface area contributed by atoms with E-state index in [1.54, 1.807) is 12.4 Å². The van der Waals surface area contributed by atoms with Crippen molar-refractivity contribution in [1.82, 2.24) is 9.97 Å². The maximum Gasteiger partial charge on any atom is 0.125 e. The van der Waals surface area contributed by atoms with Gasteiger partial charge in [0.25, 0.3) is 0 Å². The molecule has 3 heteroatoms. The van der Waals surface area contributed by atoms with Gasteiger partial charge in [-0.25, -0.2) is 9.97 Å². The molecular weight excluding hydrogens is 150 g/mol. The Labute approximate surface area is 72.3 Å². The van der Waals surface area contributed by atoms with E-state index in [9.17, 15) is 0 Å². The molecule has 0 amide bonds. The van der Waals surface area contributed by atoms with E-state index in [4.69, 9.17) is 5.73 Å². The Hall–Kier alpha value is -1.22. The molecule has 0 atom stereocenters. The lowest BCUT2D eigenvalue weighted by atomic mass is 10.3. The van der Waals surface area contributed by atoms with Gasteiger partial charge >= 0.3 is 0 Å². The molecule has 1 rings (SSSR count). The first-order chi connectivity index (χ1) is 5.83. The van der Waals surface area contributed by atoms with Gasteiger partial charge in [0, 0.05) is 18.0 Å². The van der Waals surface area contributed by atoms with Crippen molar-refractivity contribution < 1.29 is 0 Å². The largest absolute Gasteiger partial charge is 0.330 e. The van der Waals surface area contributed by atoms with Crippen molar-refractivity contribution >= 4 is 6.08 Å². The summed E-state index contributed by atoms with van der Waals surface area (Å²) in [5.74, 6) is 0.797. The van der Waals surface area contributed by atoms with Gasteiger partial charge in [-0.05, 0) is 19.9 Å². The molecular formula is C9H13N3. The number of hydrogen-bond donors (Lipinski definition) is 1. The smallest absolute Gasteiger partial charge is 0.125 e. The third kappa shape index (κ3) is 2.80. The third-order valence-corrected chi connectivity index (χ3v) is 1.44. The van der Waals surface area contributed by atoms with Crippen LogP contribution in [0.25, 0.3) is 6.08 Å². The van der Waals surface area contributed by atoms with Gasteiger partial charge in [-0.2, -0.15) is 0 Å². The Morgan fingerprint density at radius 3 is 2.67 bits per heavy atom. The van der Waals surface area contributed by atoms with Gasteiger partial charge in [0.05, 0.1) is 0 Å². The number of aromatic nitrogens is 2. The minimum atomic E-state index is 0.684. The van der Waals surface area contributed by atoms with Crippen molar-refractivity contribution in [3.05, 3.63) is 29.9 Å². The maximum atomic E-state index is 5.33. The van der Waals surface area contributed by atoms with E-state index in [1.165, 1.54) is 0 Å². The first-order valence-corrected chi connectivity index (χ1v) is 3.98. The average Bonchev–Trinajstić information content (AvgIpc) is 2.09. The number of hydrogen-bond acceptors (Lipinski definition) is 3. The first-order valence-electron chi connectivity index (χ1n) is 3.98. The van der Waals surface area contributed by atoms with Crippen LogP contribution in [0.3, 0.4) is 0 Å². The monoisotopic (exact) mass is 163 g/mol. The fraction of sp³-hybridized carbons (Fsp3) is 0.333. The summed E-state index contributed by atoms with van der Waals surface area (Å²) < 4.78 is 0. The molecule has 0 aliphatic carbocycles. The molecule has 0 bridgehead atoms. The molecule has 0 aliphatic rings. The highest BCUT2D eigenvalue weighted by Crippen LogP contribution is 1.98. The minimum Gasteiger partial charge on any atom is -0.330 e. The summed E-state index contributed by atoms with van der Waals surface area (Å²) in [7, 11) is 0. The zero-order valence-corrected chi connectivity index (χ0v) is 7.20. The van der Waals surface area contributed by atoms with Crippen molar-refractivity contribution in [3.8, 4) is 0 Å². The van der Waals surface area contributed by atoms with Gasteiger partial charge in [-0.15, -0.1) is 0 Å². The Morgan fingerprint density at radius 1 is 1.42 bits per heavy atom. The quantitative estimate of drug-likeness (QED) is 0.727. The van der Waals surface area contributed by atoms with E-state index in [2.05, 4.69) is 9.97 Å². The van der Waals surface area contributed by atoms with Gasteiger partial charge in [0.2, 0.25) is 0 Å². The molecule has 12 heavy (non-hydrogen) atoms. The summed E-state index contributed by atoms with van der Waals surface area (Å²) in [6.07, 6.45) is 8.50. The molecule has 0 saturated heterocycles. The van der Waals surface area contributed by atoms with Crippen molar-refractivity contribution in [2.75, 3.05) is 6.54 Å². The summed E-state index contributed by atoms with van der Waals surface area (Å²) in [5, 5.41) is 0. The van der Waals surface area contributed by atoms with Crippen LogP contribution in [0.1, 0.15) is 17.8 Å². The van der Waals surface area contributed by atoms with E-state index in [0.717, 1.165) is 17.8 Å². The zero-order chi connectivity index (χ0) is 8.81. The molecule has 0 unspecified atom stereocenters. The van der Waals surface area contributed by atoms with Crippen LogP contribution >= 0.6 is 0 Å². The molecule has 0 fully saturated rings. The van der Waals surface area contributed by atoms with Gasteiger partial charge in [-0.3, -0.25) is 0 Å². The van der Waals surface area contributed by atoms with Crippen LogP contribution in [-0.4, -0.2) is 16.5 Å². The Balaban J connectivity index is 2.58. The zero-order valence-electron chi connectivity index (χ0n) is 7.20. The van der Waals surface area contributed by atoms with Crippen LogP contribution in [0.5, 0.6) is 0 Å². The predicted molar refractivity (Wildman–Crippen MR) is 49.5 cm³/mol. The highest BCUT2D eigenvalue weighted by Gasteiger charge is 1.87. The maximum absolute atomic E-state index is 5.33. The molecule has 0 radical (unpaired) electrons. The third-order valence-electron chi connectivity index (χ3n) is 1.44. The van der Waals surface area contributed by atoms with Crippen molar-refractivity contribution in [2.24, 2.45) is 5.73 Å². The van der Waals surface area contributed by atoms with Crippen molar-refractivity contribution in [2.45, 2.75) is 13.3 Å². The van der Waals surface area contributed by atoms with Crippen LogP contribution in [0.15, 0.2) is 18.5 Å².